The van der Waals surface area contributed by atoms with Gasteiger partial charge in [0.2, 0.25) is 5.91 Å². The third-order valence-corrected chi connectivity index (χ3v) is 5.42. The Morgan fingerprint density at radius 3 is 2.26 bits per heavy atom. The van der Waals surface area contributed by atoms with Gasteiger partial charge in [0.05, 0.1) is 7.11 Å². The third-order valence-electron chi connectivity index (χ3n) is 5.42. The van der Waals surface area contributed by atoms with Crippen molar-refractivity contribution in [3.8, 4) is 24.0 Å². The number of aryl methyl sites for hydroxylation is 1. The van der Waals surface area contributed by atoms with Crippen LogP contribution in [0.2, 0.25) is 0 Å². The molecule has 4 N–H and O–H groups in total. The summed E-state index contributed by atoms with van der Waals surface area (Å²) in [5.74, 6) is -2.36. The van der Waals surface area contributed by atoms with Gasteiger partial charge in [0.25, 0.3) is 5.91 Å². The molecule has 2 aromatic rings. The van der Waals surface area contributed by atoms with Gasteiger partial charge in [-0.3, -0.25) is 19.3 Å². The molecule has 0 aliphatic carbocycles. The van der Waals surface area contributed by atoms with Crippen molar-refractivity contribution in [2.45, 2.75) is 51.8 Å². The number of benzene rings is 2. The molecule has 208 valence electrons. The van der Waals surface area contributed by atoms with Gasteiger partial charge in [-0.15, -0.1) is 0 Å². The summed E-state index contributed by atoms with van der Waals surface area (Å²) in [6, 6.07) is 9.72. The molecule has 2 aromatic carbocycles. The number of carbonyl (C=O) groups excluding carboxylic acids is 4. The second kappa shape index (κ2) is 13.2. The minimum absolute atomic E-state index is 0.0111. The summed E-state index contributed by atoms with van der Waals surface area (Å²) < 4.78 is 9.88. The molecule has 0 radical (unpaired) electrons. The third kappa shape index (κ3) is 8.96. The fourth-order valence-electron chi connectivity index (χ4n) is 3.55. The topological polar surface area (TPSA) is 154 Å². The van der Waals surface area contributed by atoms with Crippen molar-refractivity contribution in [3.63, 3.8) is 0 Å². The standard InChI is InChI=1S/C28H33N3O8/c1-7-31(24(25(35)29-16-23(34)38-6)19-10-13-22(33)17(2)14-19)26(36)21(30-27(37)39-28(3,4)5)15-18-8-11-20(32)12-9-18/h1,8-14,21,24,32-33H,15-16H2,2-6H3,(H,29,35)(H,30,37). The SMILES string of the molecule is C#CN(C(=O)C(Cc1ccc(O)cc1)NC(=O)OC(C)(C)C)C(C(=O)NCC(=O)OC)c1ccc(O)c(C)c1. The number of alkyl carbamates (subject to hydrolysis) is 1. The summed E-state index contributed by atoms with van der Waals surface area (Å²) in [7, 11) is 1.16. The number of ether oxygens (including phenoxy) is 2. The first-order chi connectivity index (χ1) is 18.2. The van der Waals surface area contributed by atoms with Crippen LogP contribution in [0.15, 0.2) is 42.5 Å². The summed E-state index contributed by atoms with van der Waals surface area (Å²) in [6.07, 6.45) is 4.80. The van der Waals surface area contributed by atoms with Crippen LogP contribution >= 0.6 is 0 Å². The summed E-state index contributed by atoms with van der Waals surface area (Å²) in [4.78, 5) is 52.2. The molecule has 0 aliphatic rings. The number of methoxy groups -OCH3 is 1. The zero-order valence-corrected chi connectivity index (χ0v) is 22.5. The molecule has 3 amide bonds. The van der Waals surface area contributed by atoms with Crippen molar-refractivity contribution in [1.82, 2.24) is 15.5 Å². The lowest BCUT2D eigenvalue weighted by Gasteiger charge is -2.30. The first-order valence-corrected chi connectivity index (χ1v) is 12.0. The number of terminal acetylenes is 1. The Bertz CT molecular complexity index is 1240. The normalized spacial score (nSPS) is 12.3. The number of amides is 3. The maximum Gasteiger partial charge on any atom is 0.408 e. The van der Waals surface area contributed by atoms with E-state index in [1.165, 1.54) is 30.3 Å². The Morgan fingerprint density at radius 1 is 1.08 bits per heavy atom. The molecule has 2 rings (SSSR count). The molecular formula is C28H33N3O8. The van der Waals surface area contributed by atoms with Crippen molar-refractivity contribution < 1.29 is 38.9 Å². The van der Waals surface area contributed by atoms with Gasteiger partial charge in [-0.25, -0.2) is 4.79 Å². The first kappa shape index (κ1) is 30.5. The predicted molar refractivity (Wildman–Crippen MR) is 141 cm³/mol. The van der Waals surface area contributed by atoms with Crippen LogP contribution in [-0.4, -0.2) is 64.3 Å². The Labute approximate surface area is 227 Å². The molecule has 0 heterocycles. The second-order valence-corrected chi connectivity index (χ2v) is 9.65. The summed E-state index contributed by atoms with van der Waals surface area (Å²) in [6.45, 7) is 6.09. The van der Waals surface area contributed by atoms with Gasteiger partial charge in [-0.1, -0.05) is 24.6 Å². The van der Waals surface area contributed by atoms with E-state index in [0.29, 0.717) is 11.1 Å². The highest BCUT2D eigenvalue weighted by molar-refractivity contribution is 5.94. The van der Waals surface area contributed by atoms with Crippen LogP contribution in [-0.2, 0) is 30.3 Å². The number of hydrogen-bond donors (Lipinski definition) is 4. The molecule has 0 aromatic heterocycles. The van der Waals surface area contributed by atoms with Gasteiger partial charge in [0.1, 0.15) is 35.7 Å². The van der Waals surface area contributed by atoms with Gasteiger partial charge in [0, 0.05) is 12.5 Å². The van der Waals surface area contributed by atoms with Crippen LogP contribution in [0.3, 0.4) is 0 Å². The number of nitrogens with zero attached hydrogens (tertiary/aromatic N) is 1. The van der Waals surface area contributed by atoms with Crippen molar-refractivity contribution in [1.29, 1.82) is 0 Å². The lowest BCUT2D eigenvalue weighted by Crippen LogP contribution is -2.52. The average Bonchev–Trinajstić information content (AvgIpc) is 2.86. The molecule has 11 heteroatoms. The molecule has 0 spiro atoms. The minimum Gasteiger partial charge on any atom is -0.508 e. The number of phenolic OH excluding ortho intramolecular Hbond substituents is 2. The van der Waals surface area contributed by atoms with Gasteiger partial charge in [-0.2, -0.15) is 0 Å². The number of hydrogen-bond acceptors (Lipinski definition) is 8. The van der Waals surface area contributed by atoms with E-state index >= 15 is 0 Å². The molecule has 2 unspecified atom stereocenters. The monoisotopic (exact) mass is 539 g/mol. The molecule has 0 aliphatic heterocycles. The lowest BCUT2D eigenvalue weighted by molar-refractivity contribution is -0.142. The van der Waals surface area contributed by atoms with Gasteiger partial charge < -0.3 is 30.3 Å². The van der Waals surface area contributed by atoms with Crippen LogP contribution in [0, 0.1) is 19.4 Å². The summed E-state index contributed by atoms with van der Waals surface area (Å²) in [5.41, 5.74) is 0.378. The molecule has 0 bridgehead atoms. The van der Waals surface area contributed by atoms with E-state index < -0.39 is 48.1 Å². The highest BCUT2D eigenvalue weighted by atomic mass is 16.6. The van der Waals surface area contributed by atoms with E-state index in [-0.39, 0.29) is 23.5 Å². The van der Waals surface area contributed by atoms with E-state index in [2.05, 4.69) is 21.4 Å². The van der Waals surface area contributed by atoms with Gasteiger partial charge >= 0.3 is 12.1 Å². The molecule has 0 saturated heterocycles. The van der Waals surface area contributed by atoms with Crippen molar-refractivity contribution in [3.05, 3.63) is 59.2 Å². The first-order valence-electron chi connectivity index (χ1n) is 12.0. The van der Waals surface area contributed by atoms with Crippen molar-refractivity contribution in [2.75, 3.05) is 13.7 Å². The summed E-state index contributed by atoms with van der Waals surface area (Å²) in [5, 5.41) is 24.5. The smallest absolute Gasteiger partial charge is 0.408 e. The maximum absolute atomic E-state index is 13.9. The molecule has 39 heavy (non-hydrogen) atoms. The molecule has 0 fully saturated rings. The van der Waals surface area contributed by atoms with Crippen LogP contribution in [0.25, 0.3) is 0 Å². The Balaban J connectivity index is 2.51. The minimum atomic E-state index is -1.44. The molecular weight excluding hydrogens is 506 g/mol. The highest BCUT2D eigenvalue weighted by Gasteiger charge is 2.36. The van der Waals surface area contributed by atoms with Crippen molar-refractivity contribution in [2.24, 2.45) is 0 Å². The fourth-order valence-corrected chi connectivity index (χ4v) is 3.55. The average molecular weight is 540 g/mol. The number of nitrogens with one attached hydrogen (secondary N) is 2. The zero-order valence-electron chi connectivity index (χ0n) is 22.5. The van der Waals surface area contributed by atoms with Crippen LogP contribution in [0.5, 0.6) is 11.5 Å². The van der Waals surface area contributed by atoms with E-state index in [1.807, 2.05) is 0 Å². The Kier molecular flexibility index (Phi) is 10.3. The van der Waals surface area contributed by atoms with E-state index in [9.17, 15) is 29.4 Å². The maximum atomic E-state index is 13.9. The van der Waals surface area contributed by atoms with Gasteiger partial charge in [0.15, 0.2) is 0 Å². The number of aromatic hydroxyl groups is 2. The number of carbonyl (C=O) groups is 4. The van der Waals surface area contributed by atoms with Crippen LogP contribution < -0.4 is 10.6 Å². The molecule has 2 atom stereocenters. The summed E-state index contributed by atoms with van der Waals surface area (Å²) >= 11 is 0. The Hall–Kier alpha value is -4.72. The zero-order chi connectivity index (χ0) is 29.3. The fraction of sp³-hybridized carbons (Fsp3) is 0.357. The van der Waals surface area contributed by atoms with Crippen LogP contribution in [0.4, 0.5) is 4.79 Å². The largest absolute Gasteiger partial charge is 0.508 e. The van der Waals surface area contributed by atoms with Crippen LogP contribution in [0.1, 0.15) is 43.5 Å². The Morgan fingerprint density at radius 2 is 1.72 bits per heavy atom. The van der Waals surface area contributed by atoms with E-state index in [0.717, 1.165) is 12.0 Å². The molecule has 11 nitrogen and oxygen atoms in total. The van der Waals surface area contributed by atoms with E-state index in [4.69, 9.17) is 11.2 Å². The number of esters is 1. The second-order valence-electron chi connectivity index (χ2n) is 9.65. The van der Waals surface area contributed by atoms with Gasteiger partial charge in [-0.05, 0) is 68.7 Å². The quantitative estimate of drug-likeness (QED) is 0.215. The highest BCUT2D eigenvalue weighted by Crippen LogP contribution is 2.27. The number of rotatable bonds is 9. The molecule has 0 saturated carbocycles. The van der Waals surface area contributed by atoms with E-state index in [1.54, 1.807) is 39.8 Å². The van der Waals surface area contributed by atoms with Crippen molar-refractivity contribution >= 4 is 23.9 Å². The predicted octanol–water partition coefficient (Wildman–Crippen LogP) is 2.29. The lowest BCUT2D eigenvalue weighted by atomic mass is 9.99. The number of phenols is 2.